The van der Waals surface area contributed by atoms with Crippen molar-refractivity contribution in [2.24, 2.45) is 0 Å². The average Bonchev–Trinajstić information content (AvgIpc) is 2.62. The summed E-state index contributed by atoms with van der Waals surface area (Å²) in [6.45, 7) is 3.64. The van der Waals surface area contributed by atoms with Crippen LogP contribution in [0, 0.1) is 0 Å². The number of rotatable bonds is 4. The van der Waals surface area contributed by atoms with Crippen LogP contribution < -0.4 is 4.74 Å². The van der Waals surface area contributed by atoms with Gasteiger partial charge in [-0.05, 0) is 42.5 Å². The van der Waals surface area contributed by atoms with Crippen molar-refractivity contribution < 1.29 is 17.9 Å². The summed E-state index contributed by atoms with van der Waals surface area (Å²) in [7, 11) is 0. The minimum atomic E-state index is -4.39. The van der Waals surface area contributed by atoms with E-state index in [0.717, 1.165) is 12.1 Å². The van der Waals surface area contributed by atoms with Gasteiger partial charge in [0, 0.05) is 24.2 Å². The van der Waals surface area contributed by atoms with E-state index in [1.165, 1.54) is 24.5 Å². The second kappa shape index (κ2) is 6.72. The van der Waals surface area contributed by atoms with Crippen LogP contribution in [0.25, 0.3) is 17.3 Å². The fourth-order valence-electron chi connectivity index (χ4n) is 2.09. The molecule has 4 nitrogen and oxygen atoms in total. The number of hydrogen-bond acceptors (Lipinski definition) is 4. The van der Waals surface area contributed by atoms with Crippen LogP contribution in [0.1, 0.15) is 11.3 Å². The van der Waals surface area contributed by atoms with Crippen molar-refractivity contribution in [2.75, 3.05) is 0 Å². The fourth-order valence-corrected chi connectivity index (χ4v) is 2.09. The first-order valence-electron chi connectivity index (χ1n) is 7.22. The molecule has 0 saturated carbocycles. The SMILES string of the molecule is C=Cc1ccc(-c2nccnc2Oc2ccc(C(F)(F)F)cc2)cn1. The van der Waals surface area contributed by atoms with Crippen LogP contribution >= 0.6 is 0 Å². The van der Waals surface area contributed by atoms with Gasteiger partial charge >= 0.3 is 6.18 Å². The minimum absolute atomic E-state index is 0.176. The van der Waals surface area contributed by atoms with E-state index in [0.29, 0.717) is 17.0 Å². The van der Waals surface area contributed by atoms with E-state index in [9.17, 15) is 13.2 Å². The largest absolute Gasteiger partial charge is 0.437 e. The monoisotopic (exact) mass is 343 g/mol. The van der Waals surface area contributed by atoms with Crippen molar-refractivity contribution in [3.8, 4) is 22.9 Å². The molecule has 0 bridgehead atoms. The quantitative estimate of drug-likeness (QED) is 0.669. The number of nitrogens with zero attached hydrogens (tertiary/aromatic N) is 3. The van der Waals surface area contributed by atoms with E-state index in [1.54, 1.807) is 24.4 Å². The van der Waals surface area contributed by atoms with Crippen molar-refractivity contribution in [3.63, 3.8) is 0 Å². The number of hydrogen-bond donors (Lipinski definition) is 0. The van der Waals surface area contributed by atoms with Crippen LogP contribution in [0.3, 0.4) is 0 Å². The number of aromatic nitrogens is 3. The van der Waals surface area contributed by atoms with Gasteiger partial charge in [0.05, 0.1) is 11.3 Å². The fraction of sp³-hybridized carbons (Fsp3) is 0.0556. The van der Waals surface area contributed by atoms with Crippen LogP contribution in [-0.2, 0) is 6.18 Å². The Labute approximate surface area is 141 Å². The Kier molecular flexibility index (Phi) is 4.47. The van der Waals surface area contributed by atoms with Crippen LogP contribution in [-0.4, -0.2) is 15.0 Å². The molecule has 0 atom stereocenters. The molecule has 0 spiro atoms. The summed E-state index contributed by atoms with van der Waals surface area (Å²) in [5, 5.41) is 0. The van der Waals surface area contributed by atoms with Crippen LogP contribution in [0.15, 0.2) is 61.6 Å². The highest BCUT2D eigenvalue weighted by atomic mass is 19.4. The predicted molar refractivity (Wildman–Crippen MR) is 86.9 cm³/mol. The molecule has 0 unspecified atom stereocenters. The molecule has 2 aromatic heterocycles. The summed E-state index contributed by atoms with van der Waals surface area (Å²) in [4.78, 5) is 12.5. The second-order valence-electron chi connectivity index (χ2n) is 5.01. The normalized spacial score (nSPS) is 11.2. The third kappa shape index (κ3) is 3.82. The highest BCUT2D eigenvalue weighted by molar-refractivity contribution is 5.64. The molecule has 0 aliphatic heterocycles. The first-order chi connectivity index (χ1) is 12.0. The number of alkyl halides is 3. The lowest BCUT2D eigenvalue weighted by atomic mass is 10.2. The molecule has 0 aliphatic rings. The zero-order chi connectivity index (χ0) is 17.9. The molecule has 126 valence electrons. The predicted octanol–water partition coefficient (Wildman–Crippen LogP) is 4.99. The van der Waals surface area contributed by atoms with Crippen LogP contribution in [0.4, 0.5) is 13.2 Å². The molecule has 0 aliphatic carbocycles. The molecule has 7 heteroatoms. The maximum absolute atomic E-state index is 12.6. The minimum Gasteiger partial charge on any atom is -0.437 e. The van der Waals surface area contributed by atoms with Crippen molar-refractivity contribution in [1.82, 2.24) is 15.0 Å². The zero-order valence-corrected chi connectivity index (χ0v) is 12.9. The lowest BCUT2D eigenvalue weighted by Gasteiger charge is -2.10. The van der Waals surface area contributed by atoms with E-state index in [1.807, 2.05) is 0 Å². The Morgan fingerprint density at radius 3 is 2.24 bits per heavy atom. The average molecular weight is 343 g/mol. The molecule has 2 heterocycles. The number of halogens is 3. The van der Waals surface area contributed by atoms with Gasteiger partial charge in [0.25, 0.3) is 0 Å². The van der Waals surface area contributed by atoms with E-state index in [-0.39, 0.29) is 11.6 Å². The van der Waals surface area contributed by atoms with E-state index < -0.39 is 11.7 Å². The smallest absolute Gasteiger partial charge is 0.416 e. The van der Waals surface area contributed by atoms with Crippen molar-refractivity contribution in [1.29, 1.82) is 0 Å². The van der Waals surface area contributed by atoms with E-state index >= 15 is 0 Å². The summed E-state index contributed by atoms with van der Waals surface area (Å²) >= 11 is 0. The number of ether oxygens (including phenoxy) is 1. The molecule has 1 aromatic carbocycles. The van der Waals surface area contributed by atoms with Gasteiger partial charge in [-0.2, -0.15) is 13.2 Å². The summed E-state index contributed by atoms with van der Waals surface area (Å²) in [6.07, 6.45) is 1.75. The van der Waals surface area contributed by atoms with Crippen molar-refractivity contribution >= 4 is 6.08 Å². The topological polar surface area (TPSA) is 47.9 Å². The Balaban J connectivity index is 1.89. The summed E-state index contributed by atoms with van der Waals surface area (Å²) in [5.41, 5.74) is 1.06. The summed E-state index contributed by atoms with van der Waals surface area (Å²) in [5.74, 6) is 0.404. The van der Waals surface area contributed by atoms with E-state index in [2.05, 4.69) is 21.5 Å². The lowest BCUT2D eigenvalue weighted by molar-refractivity contribution is -0.137. The zero-order valence-electron chi connectivity index (χ0n) is 12.9. The summed E-state index contributed by atoms with van der Waals surface area (Å²) in [6, 6.07) is 7.92. The van der Waals surface area contributed by atoms with Gasteiger partial charge in [-0.3, -0.25) is 4.98 Å². The maximum atomic E-state index is 12.6. The van der Waals surface area contributed by atoms with Gasteiger partial charge in [0.15, 0.2) is 0 Å². The van der Waals surface area contributed by atoms with Gasteiger partial charge in [-0.15, -0.1) is 0 Å². The van der Waals surface area contributed by atoms with Gasteiger partial charge in [0.2, 0.25) is 5.88 Å². The first-order valence-corrected chi connectivity index (χ1v) is 7.22. The Hall–Kier alpha value is -3.22. The second-order valence-corrected chi connectivity index (χ2v) is 5.01. The Morgan fingerprint density at radius 2 is 1.64 bits per heavy atom. The molecule has 0 radical (unpaired) electrons. The van der Waals surface area contributed by atoms with Crippen LogP contribution in [0.5, 0.6) is 11.6 Å². The maximum Gasteiger partial charge on any atom is 0.416 e. The van der Waals surface area contributed by atoms with Crippen molar-refractivity contribution in [3.05, 3.63) is 72.8 Å². The molecular formula is C18H12F3N3O. The first kappa shape index (κ1) is 16.6. The molecule has 0 saturated heterocycles. The molecule has 3 aromatic rings. The van der Waals surface area contributed by atoms with Gasteiger partial charge in [-0.25, -0.2) is 9.97 Å². The highest BCUT2D eigenvalue weighted by Gasteiger charge is 2.30. The molecule has 3 rings (SSSR count). The van der Waals surface area contributed by atoms with Crippen LogP contribution in [0.2, 0.25) is 0 Å². The van der Waals surface area contributed by atoms with Gasteiger partial charge < -0.3 is 4.74 Å². The highest BCUT2D eigenvalue weighted by Crippen LogP contribution is 2.33. The van der Waals surface area contributed by atoms with Gasteiger partial charge in [0.1, 0.15) is 11.4 Å². The molecule has 0 amide bonds. The Morgan fingerprint density at radius 1 is 0.920 bits per heavy atom. The summed E-state index contributed by atoms with van der Waals surface area (Å²) < 4.78 is 43.4. The molecule has 25 heavy (non-hydrogen) atoms. The molecule has 0 N–H and O–H groups in total. The third-order valence-corrected chi connectivity index (χ3v) is 3.33. The molecular weight excluding hydrogens is 331 g/mol. The van der Waals surface area contributed by atoms with Crippen molar-refractivity contribution in [2.45, 2.75) is 6.18 Å². The lowest BCUT2D eigenvalue weighted by Crippen LogP contribution is -2.04. The number of benzene rings is 1. The Bertz CT molecular complexity index is 875. The van der Waals surface area contributed by atoms with Gasteiger partial charge in [-0.1, -0.05) is 6.58 Å². The number of pyridine rings is 1. The third-order valence-electron chi connectivity index (χ3n) is 3.33. The molecule has 0 fully saturated rings. The van der Waals surface area contributed by atoms with E-state index in [4.69, 9.17) is 4.74 Å². The standard InChI is InChI=1S/C18H12F3N3O/c1-2-14-6-3-12(11-24-14)16-17(23-10-9-22-16)25-15-7-4-13(5-8-15)18(19,20)21/h2-11H,1H2.